The number of hydrogen-bond acceptors (Lipinski definition) is 3. The largest absolute Gasteiger partial charge is 0.480 e. The van der Waals surface area contributed by atoms with Gasteiger partial charge in [0, 0.05) is 19.4 Å². The van der Waals surface area contributed by atoms with Crippen molar-refractivity contribution in [3.63, 3.8) is 0 Å². The molecule has 2 atom stereocenters. The van der Waals surface area contributed by atoms with Crippen LogP contribution < -0.4 is 4.74 Å². The Kier molecular flexibility index (Phi) is 3.49. The average molecular weight is 323 g/mol. The second-order valence-corrected chi connectivity index (χ2v) is 6.21. The third kappa shape index (κ3) is 2.42. The Balaban J connectivity index is 1.60. The van der Waals surface area contributed by atoms with Crippen LogP contribution in [0.2, 0.25) is 0 Å². The molecular formula is C19H17NO4. The highest BCUT2D eigenvalue weighted by molar-refractivity contribution is 5.88. The van der Waals surface area contributed by atoms with Gasteiger partial charge >= 0.3 is 5.97 Å². The first-order chi connectivity index (χ1) is 11.6. The SMILES string of the molecule is O=C(O)[C@H]1Cc2ccccc2CN1C(=O)[C@H]1Cc2ccccc2O1. The second-order valence-electron chi connectivity index (χ2n) is 6.21. The number of carboxylic acids is 1. The molecule has 2 aromatic rings. The fourth-order valence-electron chi connectivity index (χ4n) is 3.48. The first kappa shape index (κ1) is 14.8. The van der Waals surface area contributed by atoms with Gasteiger partial charge in [-0.2, -0.15) is 0 Å². The molecule has 2 aliphatic heterocycles. The van der Waals surface area contributed by atoms with Gasteiger partial charge in [0.15, 0.2) is 6.10 Å². The number of amides is 1. The van der Waals surface area contributed by atoms with Crippen LogP contribution in [0.25, 0.3) is 0 Å². The van der Waals surface area contributed by atoms with Crippen molar-refractivity contribution in [1.29, 1.82) is 0 Å². The van der Waals surface area contributed by atoms with Crippen molar-refractivity contribution in [2.75, 3.05) is 0 Å². The van der Waals surface area contributed by atoms with Crippen LogP contribution in [0.4, 0.5) is 0 Å². The van der Waals surface area contributed by atoms with E-state index in [9.17, 15) is 14.7 Å². The van der Waals surface area contributed by atoms with Gasteiger partial charge in [0.25, 0.3) is 5.91 Å². The minimum absolute atomic E-state index is 0.256. The number of para-hydroxylation sites is 1. The second kappa shape index (κ2) is 5.67. The summed E-state index contributed by atoms with van der Waals surface area (Å²) in [6.07, 6.45) is 0.172. The van der Waals surface area contributed by atoms with Crippen LogP contribution >= 0.6 is 0 Å². The minimum atomic E-state index is -0.978. The lowest BCUT2D eigenvalue weighted by molar-refractivity contribution is -0.154. The van der Waals surface area contributed by atoms with Crippen molar-refractivity contribution in [3.8, 4) is 5.75 Å². The number of nitrogens with zero attached hydrogens (tertiary/aromatic N) is 1. The van der Waals surface area contributed by atoms with E-state index in [1.54, 1.807) is 0 Å². The Morgan fingerprint density at radius 1 is 0.958 bits per heavy atom. The number of hydrogen-bond donors (Lipinski definition) is 1. The fraction of sp³-hybridized carbons (Fsp3) is 0.263. The summed E-state index contributed by atoms with van der Waals surface area (Å²) in [6.45, 7) is 0.308. The number of benzene rings is 2. The lowest BCUT2D eigenvalue weighted by Gasteiger charge is -2.35. The van der Waals surface area contributed by atoms with Crippen LogP contribution in [0, 0.1) is 0 Å². The molecule has 1 N–H and O–H groups in total. The summed E-state index contributed by atoms with van der Waals surface area (Å²) in [4.78, 5) is 26.1. The van der Waals surface area contributed by atoms with Crippen LogP contribution in [0.1, 0.15) is 16.7 Å². The first-order valence-electron chi connectivity index (χ1n) is 7.98. The molecule has 5 heteroatoms. The number of carbonyl (C=O) groups excluding carboxylic acids is 1. The van der Waals surface area contributed by atoms with Gasteiger partial charge in [-0.1, -0.05) is 42.5 Å². The lowest BCUT2D eigenvalue weighted by Crippen LogP contribution is -2.52. The maximum absolute atomic E-state index is 12.9. The topological polar surface area (TPSA) is 66.8 Å². The highest BCUT2D eigenvalue weighted by Gasteiger charge is 2.40. The zero-order chi connectivity index (χ0) is 16.7. The molecule has 5 nitrogen and oxygen atoms in total. The molecule has 0 bridgehead atoms. The van der Waals surface area contributed by atoms with Crippen LogP contribution in [0.3, 0.4) is 0 Å². The molecule has 0 saturated heterocycles. The molecule has 0 unspecified atom stereocenters. The van der Waals surface area contributed by atoms with Crippen molar-refractivity contribution in [3.05, 3.63) is 65.2 Å². The predicted octanol–water partition coefficient (Wildman–Crippen LogP) is 2.03. The van der Waals surface area contributed by atoms with Crippen LogP contribution in [0.15, 0.2) is 48.5 Å². The number of carbonyl (C=O) groups is 2. The van der Waals surface area contributed by atoms with E-state index >= 15 is 0 Å². The molecule has 0 saturated carbocycles. The maximum atomic E-state index is 12.9. The van der Waals surface area contributed by atoms with Crippen molar-refractivity contribution >= 4 is 11.9 Å². The first-order valence-corrected chi connectivity index (χ1v) is 7.98. The number of rotatable bonds is 2. The van der Waals surface area contributed by atoms with Crippen LogP contribution in [0.5, 0.6) is 5.75 Å². The average Bonchev–Trinajstić information content (AvgIpc) is 3.04. The lowest BCUT2D eigenvalue weighted by atomic mass is 9.93. The van der Waals surface area contributed by atoms with Gasteiger partial charge in [-0.05, 0) is 22.8 Å². The van der Waals surface area contributed by atoms with E-state index in [-0.39, 0.29) is 5.91 Å². The zero-order valence-corrected chi connectivity index (χ0v) is 13.0. The molecule has 2 aliphatic rings. The normalized spacial score (nSPS) is 21.6. The van der Waals surface area contributed by atoms with E-state index in [1.807, 2.05) is 48.5 Å². The van der Waals surface area contributed by atoms with Gasteiger partial charge < -0.3 is 14.7 Å². The molecular weight excluding hydrogens is 306 g/mol. The summed E-state index contributed by atoms with van der Waals surface area (Å²) >= 11 is 0. The monoisotopic (exact) mass is 323 g/mol. The Morgan fingerprint density at radius 3 is 2.33 bits per heavy atom. The van der Waals surface area contributed by atoms with Crippen LogP contribution in [-0.2, 0) is 29.0 Å². The summed E-state index contributed by atoms with van der Waals surface area (Å²) in [5.74, 6) is -0.526. The van der Waals surface area contributed by atoms with Crippen molar-refractivity contribution < 1.29 is 19.4 Å². The predicted molar refractivity (Wildman–Crippen MR) is 86.7 cm³/mol. The van der Waals surface area contributed by atoms with Gasteiger partial charge in [-0.25, -0.2) is 4.79 Å². The molecule has 24 heavy (non-hydrogen) atoms. The summed E-state index contributed by atoms with van der Waals surface area (Å²) in [7, 11) is 0. The van der Waals surface area contributed by atoms with Gasteiger partial charge in [-0.3, -0.25) is 4.79 Å². The molecule has 0 radical (unpaired) electrons. The van der Waals surface area contributed by atoms with E-state index in [0.717, 1.165) is 16.7 Å². The Bertz CT molecular complexity index is 792. The fourth-order valence-corrected chi connectivity index (χ4v) is 3.48. The third-order valence-corrected chi connectivity index (χ3v) is 4.74. The quantitative estimate of drug-likeness (QED) is 0.918. The summed E-state index contributed by atoms with van der Waals surface area (Å²) in [6, 6.07) is 14.4. The van der Waals surface area contributed by atoms with Crippen molar-refractivity contribution in [2.24, 2.45) is 0 Å². The molecule has 2 heterocycles. The van der Waals surface area contributed by atoms with Crippen LogP contribution in [-0.4, -0.2) is 34.0 Å². The highest BCUT2D eigenvalue weighted by Crippen LogP contribution is 2.31. The number of aliphatic carboxylic acids is 1. The van der Waals surface area contributed by atoms with Gasteiger partial charge in [0.05, 0.1) is 0 Å². The summed E-state index contributed by atoms with van der Waals surface area (Å²) < 4.78 is 5.75. The molecule has 0 fully saturated rings. The zero-order valence-electron chi connectivity index (χ0n) is 13.0. The molecule has 1 amide bonds. The molecule has 4 rings (SSSR count). The standard InChI is InChI=1S/C19H17NO4/c21-18(17-10-13-6-3-4-8-16(13)24-17)20-11-14-7-2-1-5-12(14)9-15(20)19(22)23/h1-8,15,17H,9-11H2,(H,22,23)/t15-,17-/m1/s1. The highest BCUT2D eigenvalue weighted by atomic mass is 16.5. The minimum Gasteiger partial charge on any atom is -0.480 e. The molecule has 2 aromatic carbocycles. The summed E-state index contributed by atoms with van der Waals surface area (Å²) in [5, 5.41) is 9.56. The molecule has 122 valence electrons. The molecule has 0 aliphatic carbocycles. The smallest absolute Gasteiger partial charge is 0.326 e. The Morgan fingerprint density at radius 2 is 1.62 bits per heavy atom. The van der Waals surface area contributed by atoms with E-state index < -0.39 is 18.1 Å². The van der Waals surface area contributed by atoms with Gasteiger partial charge in [0.1, 0.15) is 11.8 Å². The van der Waals surface area contributed by atoms with E-state index in [2.05, 4.69) is 0 Å². The number of ether oxygens (including phenoxy) is 1. The Labute approximate surface area is 139 Å². The summed E-state index contributed by atoms with van der Waals surface area (Å²) in [5.41, 5.74) is 2.98. The van der Waals surface area contributed by atoms with E-state index in [0.29, 0.717) is 25.1 Å². The third-order valence-electron chi connectivity index (χ3n) is 4.74. The van der Waals surface area contributed by atoms with Gasteiger partial charge in [0.2, 0.25) is 0 Å². The van der Waals surface area contributed by atoms with Crippen molar-refractivity contribution in [2.45, 2.75) is 31.5 Å². The number of carboxylic acid groups (broad SMARTS) is 1. The number of fused-ring (bicyclic) bond motifs is 2. The van der Waals surface area contributed by atoms with E-state index in [1.165, 1.54) is 4.90 Å². The molecule has 0 aromatic heterocycles. The van der Waals surface area contributed by atoms with Crippen molar-refractivity contribution in [1.82, 2.24) is 4.90 Å². The van der Waals surface area contributed by atoms with Gasteiger partial charge in [-0.15, -0.1) is 0 Å². The van der Waals surface area contributed by atoms with E-state index in [4.69, 9.17) is 4.74 Å². The Hall–Kier alpha value is -2.82. The molecule has 0 spiro atoms. The maximum Gasteiger partial charge on any atom is 0.326 e.